The Balaban J connectivity index is 1.33. The second kappa shape index (κ2) is 10.0. The summed E-state index contributed by atoms with van der Waals surface area (Å²) in [5.41, 5.74) is 2.70. The molecule has 3 atom stereocenters. The summed E-state index contributed by atoms with van der Waals surface area (Å²) < 4.78 is 1.87. The molecule has 2 heterocycles. The second-order valence-electron chi connectivity index (χ2n) is 9.28. The number of nitrogens with zero attached hydrogens (tertiary/aromatic N) is 3. The lowest BCUT2D eigenvalue weighted by Gasteiger charge is -2.33. The number of fused-ring (bicyclic) bond motifs is 1. The predicted octanol–water partition coefficient (Wildman–Crippen LogP) is 4.67. The zero-order valence-corrected chi connectivity index (χ0v) is 19.8. The van der Waals surface area contributed by atoms with E-state index in [0.717, 1.165) is 43.2 Å². The van der Waals surface area contributed by atoms with Crippen molar-refractivity contribution in [1.82, 2.24) is 20.0 Å². The summed E-state index contributed by atoms with van der Waals surface area (Å²) in [6, 6.07) is 16.6. The molecule has 176 valence electrons. The Bertz CT molecular complexity index is 1160. The quantitative estimate of drug-likeness (QED) is 0.562. The Hall–Kier alpha value is -3.12. The normalized spacial score (nSPS) is 21.8. The van der Waals surface area contributed by atoms with Gasteiger partial charge in [0.25, 0.3) is 5.91 Å². The minimum Gasteiger partial charge on any atom is -0.350 e. The molecule has 2 aromatic carbocycles. The van der Waals surface area contributed by atoms with Crippen LogP contribution < -0.4 is 5.32 Å². The average Bonchev–Trinajstić information content (AvgIpc) is 3.50. The highest BCUT2D eigenvalue weighted by atomic mass is 35.5. The fraction of sp³-hybridized carbons (Fsp3) is 0.370. The van der Waals surface area contributed by atoms with Gasteiger partial charge >= 0.3 is 0 Å². The molecule has 2 amide bonds. The number of hydrogen-bond donors (Lipinski definition) is 1. The van der Waals surface area contributed by atoms with Crippen LogP contribution in [0.2, 0.25) is 5.02 Å². The zero-order valence-electron chi connectivity index (χ0n) is 19.1. The van der Waals surface area contributed by atoms with Gasteiger partial charge in [-0.2, -0.15) is 5.10 Å². The van der Waals surface area contributed by atoms with E-state index in [0.29, 0.717) is 29.6 Å². The van der Waals surface area contributed by atoms with Crippen LogP contribution in [0, 0.1) is 5.92 Å². The molecule has 5 rings (SSSR count). The van der Waals surface area contributed by atoms with Crippen molar-refractivity contribution in [3.63, 3.8) is 0 Å². The lowest BCUT2D eigenvalue weighted by Crippen LogP contribution is -2.49. The predicted molar refractivity (Wildman–Crippen MR) is 131 cm³/mol. The third-order valence-corrected chi connectivity index (χ3v) is 7.39. The molecule has 3 unspecified atom stereocenters. The topological polar surface area (TPSA) is 67.2 Å². The van der Waals surface area contributed by atoms with Crippen molar-refractivity contribution in [2.24, 2.45) is 5.92 Å². The monoisotopic (exact) mass is 476 g/mol. The van der Waals surface area contributed by atoms with Gasteiger partial charge in [0.15, 0.2) is 0 Å². The van der Waals surface area contributed by atoms with E-state index in [1.165, 1.54) is 0 Å². The Morgan fingerprint density at radius 1 is 1.03 bits per heavy atom. The summed E-state index contributed by atoms with van der Waals surface area (Å²) in [5, 5.41) is 7.95. The molecule has 1 aliphatic carbocycles. The third kappa shape index (κ3) is 4.73. The van der Waals surface area contributed by atoms with Gasteiger partial charge in [-0.05, 0) is 60.6 Å². The van der Waals surface area contributed by atoms with Crippen molar-refractivity contribution >= 4 is 23.4 Å². The molecule has 2 fully saturated rings. The third-order valence-electron chi connectivity index (χ3n) is 7.16. The highest BCUT2D eigenvalue weighted by Gasteiger charge is 2.47. The molecule has 34 heavy (non-hydrogen) atoms. The maximum atomic E-state index is 13.6. The van der Waals surface area contributed by atoms with Gasteiger partial charge in [-0.25, -0.2) is 0 Å². The van der Waals surface area contributed by atoms with E-state index in [-0.39, 0.29) is 17.9 Å². The summed E-state index contributed by atoms with van der Waals surface area (Å²) in [5.74, 6) is 0.189. The summed E-state index contributed by atoms with van der Waals surface area (Å²) in [6.07, 6.45) is 8.68. The maximum absolute atomic E-state index is 13.6. The molecule has 1 aliphatic heterocycles. The van der Waals surface area contributed by atoms with Crippen molar-refractivity contribution < 1.29 is 9.59 Å². The van der Waals surface area contributed by atoms with Gasteiger partial charge in [0.1, 0.15) is 6.04 Å². The number of aromatic nitrogens is 2. The maximum Gasteiger partial charge on any atom is 0.254 e. The van der Waals surface area contributed by atoms with Gasteiger partial charge in [-0.15, -0.1) is 0 Å². The summed E-state index contributed by atoms with van der Waals surface area (Å²) in [6.45, 7) is 1.06. The molecule has 0 bridgehead atoms. The summed E-state index contributed by atoms with van der Waals surface area (Å²) in [7, 11) is 0. The Morgan fingerprint density at radius 3 is 2.65 bits per heavy atom. The zero-order chi connectivity index (χ0) is 23.5. The van der Waals surface area contributed by atoms with E-state index in [1.807, 2.05) is 40.0 Å². The summed E-state index contributed by atoms with van der Waals surface area (Å²) in [4.78, 5) is 28.9. The van der Waals surface area contributed by atoms with Crippen LogP contribution in [0.3, 0.4) is 0 Å². The molecule has 1 saturated heterocycles. The number of hydrogen-bond acceptors (Lipinski definition) is 3. The lowest BCUT2D eigenvalue weighted by molar-refractivity contribution is -0.125. The number of benzene rings is 2. The van der Waals surface area contributed by atoms with E-state index in [2.05, 4.69) is 16.5 Å². The number of carbonyl (C=O) groups is 2. The molecule has 3 aromatic rings. The van der Waals surface area contributed by atoms with Crippen molar-refractivity contribution in [2.45, 2.75) is 57.3 Å². The Labute approximate surface area is 204 Å². The minimum atomic E-state index is -0.460. The van der Waals surface area contributed by atoms with E-state index < -0.39 is 6.04 Å². The van der Waals surface area contributed by atoms with Crippen LogP contribution in [-0.4, -0.2) is 38.6 Å². The number of likely N-dealkylation sites (tertiary alicyclic amines) is 1. The van der Waals surface area contributed by atoms with Gasteiger partial charge in [0.2, 0.25) is 5.91 Å². The molecule has 1 saturated carbocycles. The number of halogens is 1. The van der Waals surface area contributed by atoms with E-state index in [9.17, 15) is 9.59 Å². The first-order valence-electron chi connectivity index (χ1n) is 12.0. The fourth-order valence-corrected chi connectivity index (χ4v) is 5.70. The van der Waals surface area contributed by atoms with Crippen molar-refractivity contribution in [2.75, 3.05) is 0 Å². The molecular formula is C27H29ClN4O2. The molecule has 0 spiro atoms. The Kier molecular flexibility index (Phi) is 6.68. The van der Waals surface area contributed by atoms with E-state index in [1.54, 1.807) is 30.5 Å². The molecular weight excluding hydrogens is 448 g/mol. The van der Waals surface area contributed by atoms with Crippen molar-refractivity contribution in [3.05, 3.63) is 88.7 Å². The number of rotatable bonds is 6. The molecule has 2 aliphatic rings. The smallest absolute Gasteiger partial charge is 0.254 e. The first kappa shape index (κ1) is 22.7. The van der Waals surface area contributed by atoms with Gasteiger partial charge in [0, 0.05) is 35.6 Å². The fourth-order valence-electron chi connectivity index (χ4n) is 5.51. The average molecular weight is 477 g/mol. The van der Waals surface area contributed by atoms with Crippen LogP contribution >= 0.6 is 11.6 Å². The lowest BCUT2D eigenvalue weighted by atomic mass is 9.84. The SMILES string of the molecule is O=C(NCc1ccccc1Cn1cccn1)C1CC2CCCCC2N1C(=O)c1cccc(Cl)c1. The second-order valence-corrected chi connectivity index (χ2v) is 9.71. The van der Waals surface area contributed by atoms with E-state index >= 15 is 0 Å². The standard InChI is InChI=1S/C27H29ClN4O2/c28-23-11-5-10-20(15-23)27(34)32-24-12-4-3-7-19(24)16-25(32)26(33)29-17-21-8-1-2-9-22(21)18-31-14-6-13-30-31/h1-2,5-6,8-11,13-15,19,24-25H,3-4,7,12,16-18H2,(H,29,33). The van der Waals surface area contributed by atoms with Crippen LogP contribution in [-0.2, 0) is 17.9 Å². The minimum absolute atomic E-state index is 0.0846. The molecule has 0 radical (unpaired) electrons. The van der Waals surface area contributed by atoms with Crippen LogP contribution in [0.5, 0.6) is 0 Å². The van der Waals surface area contributed by atoms with E-state index in [4.69, 9.17) is 11.6 Å². The van der Waals surface area contributed by atoms with Crippen LogP contribution in [0.25, 0.3) is 0 Å². The number of amides is 2. The van der Waals surface area contributed by atoms with Crippen molar-refractivity contribution in [3.8, 4) is 0 Å². The van der Waals surface area contributed by atoms with Gasteiger partial charge < -0.3 is 10.2 Å². The van der Waals surface area contributed by atoms with Crippen LogP contribution in [0.15, 0.2) is 67.0 Å². The first-order valence-corrected chi connectivity index (χ1v) is 12.4. The highest BCUT2D eigenvalue weighted by Crippen LogP contribution is 2.40. The Morgan fingerprint density at radius 2 is 1.85 bits per heavy atom. The van der Waals surface area contributed by atoms with Crippen molar-refractivity contribution in [1.29, 1.82) is 0 Å². The van der Waals surface area contributed by atoms with Crippen LogP contribution in [0.4, 0.5) is 0 Å². The van der Waals surface area contributed by atoms with Crippen LogP contribution in [0.1, 0.15) is 53.6 Å². The molecule has 7 heteroatoms. The highest BCUT2D eigenvalue weighted by molar-refractivity contribution is 6.31. The first-order chi connectivity index (χ1) is 16.6. The van der Waals surface area contributed by atoms with Gasteiger partial charge in [-0.3, -0.25) is 14.3 Å². The molecule has 6 nitrogen and oxygen atoms in total. The molecule has 1 N–H and O–H groups in total. The largest absolute Gasteiger partial charge is 0.350 e. The van der Waals surface area contributed by atoms with Gasteiger partial charge in [-0.1, -0.05) is 54.8 Å². The number of carbonyl (C=O) groups excluding carboxylic acids is 2. The molecule has 1 aromatic heterocycles. The number of nitrogens with one attached hydrogen (secondary N) is 1. The van der Waals surface area contributed by atoms with Gasteiger partial charge in [0.05, 0.1) is 6.54 Å². The summed E-state index contributed by atoms with van der Waals surface area (Å²) >= 11 is 6.16.